The molecular weight excluding hydrogens is 419 g/mol. The standard InChI is InChI=1S/C18H21Cl3O6/c1-9(2)10(3)6-4-5-7-26-17(24)13-14(21)11(19)8-12(20)15(13)27-18(25)16(22)23/h8-10H,4-7H2,1-3H3,(H,22,23). The van der Waals surface area contributed by atoms with Gasteiger partial charge in [-0.25, -0.2) is 14.4 Å². The zero-order valence-electron chi connectivity index (χ0n) is 15.2. The maximum atomic E-state index is 12.4. The summed E-state index contributed by atoms with van der Waals surface area (Å²) in [5, 5.41) is 8.14. The summed E-state index contributed by atoms with van der Waals surface area (Å²) in [6, 6.07) is 1.14. The molecule has 0 aliphatic heterocycles. The quantitative estimate of drug-likeness (QED) is 0.195. The van der Waals surface area contributed by atoms with Crippen LogP contribution in [0, 0.1) is 11.8 Å². The Hall–Kier alpha value is -1.50. The van der Waals surface area contributed by atoms with Gasteiger partial charge in [-0.05, 0) is 30.7 Å². The number of esters is 2. The molecule has 0 aliphatic carbocycles. The van der Waals surface area contributed by atoms with Crippen molar-refractivity contribution in [2.75, 3.05) is 6.61 Å². The number of carbonyl (C=O) groups is 3. The van der Waals surface area contributed by atoms with E-state index in [2.05, 4.69) is 25.5 Å². The molecule has 0 amide bonds. The molecule has 0 fully saturated rings. The molecule has 0 aromatic heterocycles. The highest BCUT2D eigenvalue weighted by atomic mass is 35.5. The summed E-state index contributed by atoms with van der Waals surface area (Å²) in [5.74, 6) is -3.75. The molecule has 150 valence electrons. The van der Waals surface area contributed by atoms with Crippen LogP contribution in [-0.4, -0.2) is 29.6 Å². The highest BCUT2D eigenvalue weighted by Gasteiger charge is 2.27. The van der Waals surface area contributed by atoms with Crippen LogP contribution in [0.5, 0.6) is 5.75 Å². The lowest BCUT2D eigenvalue weighted by molar-refractivity contribution is -0.158. The van der Waals surface area contributed by atoms with Gasteiger partial charge >= 0.3 is 17.9 Å². The van der Waals surface area contributed by atoms with E-state index < -0.39 is 23.7 Å². The average Bonchev–Trinajstić information content (AvgIpc) is 2.58. The van der Waals surface area contributed by atoms with Crippen molar-refractivity contribution in [2.24, 2.45) is 11.8 Å². The second-order valence-electron chi connectivity index (χ2n) is 6.41. The molecule has 1 aromatic carbocycles. The third-order valence-corrected chi connectivity index (χ3v) is 5.19. The van der Waals surface area contributed by atoms with Crippen LogP contribution in [0.25, 0.3) is 0 Å². The Morgan fingerprint density at radius 1 is 1.07 bits per heavy atom. The van der Waals surface area contributed by atoms with Crippen molar-refractivity contribution in [2.45, 2.75) is 40.0 Å². The van der Waals surface area contributed by atoms with E-state index in [1.54, 1.807) is 0 Å². The summed E-state index contributed by atoms with van der Waals surface area (Å²) in [6.07, 6.45) is 2.51. The Balaban J connectivity index is 2.86. The van der Waals surface area contributed by atoms with E-state index >= 15 is 0 Å². The monoisotopic (exact) mass is 438 g/mol. The molecule has 0 saturated heterocycles. The first kappa shape index (κ1) is 23.5. The van der Waals surface area contributed by atoms with Crippen molar-refractivity contribution in [3.05, 3.63) is 26.7 Å². The number of ether oxygens (including phenoxy) is 2. The summed E-state index contributed by atoms with van der Waals surface area (Å²) in [6.45, 7) is 6.58. The molecule has 27 heavy (non-hydrogen) atoms. The second-order valence-corrected chi connectivity index (χ2v) is 7.60. The predicted octanol–water partition coefficient (Wildman–Crippen LogP) is 5.26. The Kier molecular flexibility index (Phi) is 9.36. The van der Waals surface area contributed by atoms with Crippen molar-refractivity contribution in [1.29, 1.82) is 0 Å². The molecule has 1 aromatic rings. The molecule has 0 bridgehead atoms. The summed E-state index contributed by atoms with van der Waals surface area (Å²) < 4.78 is 9.83. The summed E-state index contributed by atoms with van der Waals surface area (Å²) in [7, 11) is 0. The smallest absolute Gasteiger partial charge is 0.422 e. The first-order chi connectivity index (χ1) is 12.6. The zero-order chi connectivity index (χ0) is 20.7. The molecule has 0 aliphatic rings. The van der Waals surface area contributed by atoms with E-state index in [1.807, 2.05) is 0 Å². The normalized spacial score (nSPS) is 12.0. The highest BCUT2D eigenvalue weighted by molar-refractivity contribution is 6.46. The minimum Gasteiger partial charge on any atom is -0.473 e. The topological polar surface area (TPSA) is 89.9 Å². The van der Waals surface area contributed by atoms with Gasteiger partial charge in [0.2, 0.25) is 0 Å². The number of benzene rings is 1. The van der Waals surface area contributed by atoms with Crippen molar-refractivity contribution in [3.63, 3.8) is 0 Å². The largest absolute Gasteiger partial charge is 0.473 e. The van der Waals surface area contributed by atoms with E-state index in [0.29, 0.717) is 18.3 Å². The summed E-state index contributed by atoms with van der Waals surface area (Å²) in [5.41, 5.74) is -0.390. The maximum absolute atomic E-state index is 12.4. The van der Waals surface area contributed by atoms with Gasteiger partial charge in [0.25, 0.3) is 0 Å². The fraction of sp³-hybridized carbons (Fsp3) is 0.500. The third kappa shape index (κ3) is 6.87. The molecule has 0 heterocycles. The number of rotatable bonds is 8. The molecule has 0 saturated carbocycles. The molecule has 0 radical (unpaired) electrons. The first-order valence-corrected chi connectivity index (χ1v) is 9.49. The van der Waals surface area contributed by atoms with Gasteiger partial charge < -0.3 is 14.6 Å². The number of carbonyl (C=O) groups excluding carboxylic acids is 2. The van der Waals surface area contributed by atoms with Crippen molar-refractivity contribution >= 4 is 52.7 Å². The van der Waals surface area contributed by atoms with Gasteiger partial charge in [0.05, 0.1) is 21.7 Å². The maximum Gasteiger partial charge on any atom is 0.422 e. The van der Waals surface area contributed by atoms with E-state index in [4.69, 9.17) is 44.6 Å². The number of aliphatic carboxylic acids is 1. The van der Waals surface area contributed by atoms with Gasteiger partial charge in [-0.3, -0.25) is 0 Å². The Bertz CT molecular complexity index is 718. The number of hydrogen-bond acceptors (Lipinski definition) is 5. The van der Waals surface area contributed by atoms with Crippen LogP contribution in [0.1, 0.15) is 50.4 Å². The molecule has 1 rings (SSSR count). The fourth-order valence-electron chi connectivity index (χ4n) is 2.14. The van der Waals surface area contributed by atoms with Crippen LogP contribution in [-0.2, 0) is 14.3 Å². The number of unbranched alkanes of at least 4 members (excludes halogenated alkanes) is 1. The van der Waals surface area contributed by atoms with Crippen molar-refractivity contribution in [3.8, 4) is 5.75 Å². The fourth-order valence-corrected chi connectivity index (χ4v) is 2.86. The van der Waals surface area contributed by atoms with E-state index in [0.717, 1.165) is 18.9 Å². The van der Waals surface area contributed by atoms with Crippen LogP contribution < -0.4 is 4.74 Å². The van der Waals surface area contributed by atoms with Crippen molar-refractivity contribution in [1.82, 2.24) is 0 Å². The minimum atomic E-state index is -1.85. The number of halogens is 3. The molecular formula is C18H21Cl3O6. The van der Waals surface area contributed by atoms with Crippen LogP contribution >= 0.6 is 34.8 Å². The Labute approximate surface area is 172 Å². The zero-order valence-corrected chi connectivity index (χ0v) is 17.5. The van der Waals surface area contributed by atoms with Crippen LogP contribution in [0.3, 0.4) is 0 Å². The summed E-state index contributed by atoms with van der Waals surface area (Å²) >= 11 is 17.8. The van der Waals surface area contributed by atoms with Crippen LogP contribution in [0.15, 0.2) is 6.07 Å². The number of carboxylic acid groups (broad SMARTS) is 1. The van der Waals surface area contributed by atoms with E-state index in [-0.39, 0.29) is 27.2 Å². The SMILES string of the molecule is CC(C)C(C)CCCCOC(=O)c1c(Cl)c(Cl)cc(Cl)c1OC(=O)C(=O)O. The third-order valence-electron chi connectivity index (χ3n) is 4.13. The second kappa shape index (κ2) is 10.7. The summed E-state index contributed by atoms with van der Waals surface area (Å²) in [4.78, 5) is 34.4. The molecule has 1 N–H and O–H groups in total. The van der Waals surface area contributed by atoms with Gasteiger partial charge in [-0.15, -0.1) is 0 Å². The number of carboxylic acids is 1. The Morgan fingerprint density at radius 2 is 1.70 bits per heavy atom. The van der Waals surface area contributed by atoms with Crippen LogP contribution in [0.2, 0.25) is 15.1 Å². The average molecular weight is 440 g/mol. The molecule has 1 atom stereocenters. The van der Waals surface area contributed by atoms with Gasteiger partial charge in [-0.1, -0.05) is 62.0 Å². The molecule has 0 spiro atoms. The van der Waals surface area contributed by atoms with Gasteiger partial charge in [0.1, 0.15) is 5.56 Å². The highest BCUT2D eigenvalue weighted by Crippen LogP contribution is 2.39. The van der Waals surface area contributed by atoms with Crippen molar-refractivity contribution < 1.29 is 29.0 Å². The lowest BCUT2D eigenvalue weighted by Gasteiger charge is -2.15. The van der Waals surface area contributed by atoms with Crippen LogP contribution in [0.4, 0.5) is 0 Å². The van der Waals surface area contributed by atoms with Gasteiger partial charge in [0.15, 0.2) is 5.75 Å². The van der Waals surface area contributed by atoms with Gasteiger partial charge in [-0.2, -0.15) is 0 Å². The molecule has 1 unspecified atom stereocenters. The lowest BCUT2D eigenvalue weighted by atomic mass is 9.93. The predicted molar refractivity (Wildman–Crippen MR) is 103 cm³/mol. The number of hydrogen-bond donors (Lipinski definition) is 1. The first-order valence-electron chi connectivity index (χ1n) is 8.35. The lowest BCUT2D eigenvalue weighted by Crippen LogP contribution is -2.21. The molecule has 6 nitrogen and oxygen atoms in total. The van der Waals surface area contributed by atoms with Gasteiger partial charge in [0, 0.05) is 0 Å². The Morgan fingerprint density at radius 3 is 2.26 bits per heavy atom. The van der Waals surface area contributed by atoms with E-state index in [1.165, 1.54) is 0 Å². The minimum absolute atomic E-state index is 0.0606. The van der Waals surface area contributed by atoms with E-state index in [9.17, 15) is 14.4 Å². The molecule has 9 heteroatoms.